The molecule has 5 heteroatoms. The zero-order valence-electron chi connectivity index (χ0n) is 10.5. The van der Waals surface area contributed by atoms with E-state index in [1.807, 2.05) is 0 Å². The van der Waals surface area contributed by atoms with Gasteiger partial charge in [0.05, 0.1) is 5.56 Å². The summed E-state index contributed by atoms with van der Waals surface area (Å²) in [6.07, 6.45) is 3.83. The zero-order chi connectivity index (χ0) is 13.5. The van der Waals surface area contributed by atoms with Crippen LogP contribution in [0.4, 0.5) is 4.79 Å². The summed E-state index contributed by atoms with van der Waals surface area (Å²) >= 11 is 0. The molecule has 0 heterocycles. The van der Waals surface area contributed by atoms with E-state index in [1.54, 1.807) is 30.3 Å². The SMILES string of the molecule is O=C(OOC(=O)c1ccccc1)OC1CCCCC1. The number of hydrogen-bond acceptors (Lipinski definition) is 5. The third-order valence-corrected chi connectivity index (χ3v) is 3.01. The van der Waals surface area contributed by atoms with Gasteiger partial charge >= 0.3 is 12.1 Å². The fourth-order valence-corrected chi connectivity index (χ4v) is 2.03. The molecule has 0 amide bonds. The molecule has 0 aliphatic heterocycles. The maximum Gasteiger partial charge on any atom is 0.550 e. The van der Waals surface area contributed by atoms with Crippen molar-refractivity contribution < 1.29 is 24.1 Å². The van der Waals surface area contributed by atoms with Crippen LogP contribution < -0.4 is 0 Å². The number of carbonyl (C=O) groups excluding carboxylic acids is 2. The summed E-state index contributed by atoms with van der Waals surface area (Å²) in [5, 5.41) is 0. The van der Waals surface area contributed by atoms with Gasteiger partial charge in [-0.25, -0.2) is 14.6 Å². The van der Waals surface area contributed by atoms with Gasteiger partial charge in [-0.2, -0.15) is 4.79 Å². The lowest BCUT2D eigenvalue weighted by molar-refractivity contribution is -0.208. The molecule has 2 rings (SSSR count). The standard InChI is InChI=1S/C14H16O5/c15-13(11-7-3-1-4-8-11)18-19-14(16)17-12-9-5-2-6-10-12/h1,3-4,7-8,12H,2,5-6,9-10H2. The van der Waals surface area contributed by atoms with Crippen molar-refractivity contribution in [2.45, 2.75) is 38.2 Å². The molecule has 1 fully saturated rings. The Morgan fingerprint density at radius 2 is 1.63 bits per heavy atom. The highest BCUT2D eigenvalue weighted by atomic mass is 17.2. The first-order valence-electron chi connectivity index (χ1n) is 6.40. The molecule has 0 spiro atoms. The number of carbonyl (C=O) groups is 2. The van der Waals surface area contributed by atoms with E-state index in [1.165, 1.54) is 0 Å². The highest BCUT2D eigenvalue weighted by Gasteiger charge is 2.20. The molecule has 0 aromatic heterocycles. The van der Waals surface area contributed by atoms with Gasteiger partial charge in [-0.1, -0.05) is 24.6 Å². The van der Waals surface area contributed by atoms with Crippen LogP contribution in [-0.2, 0) is 14.5 Å². The molecule has 1 saturated carbocycles. The minimum atomic E-state index is -0.962. The molecule has 19 heavy (non-hydrogen) atoms. The Hall–Kier alpha value is -2.04. The van der Waals surface area contributed by atoms with Gasteiger partial charge in [0.15, 0.2) is 0 Å². The Bertz CT molecular complexity index is 423. The van der Waals surface area contributed by atoms with E-state index in [0.29, 0.717) is 5.56 Å². The summed E-state index contributed by atoms with van der Waals surface area (Å²) < 4.78 is 5.04. The van der Waals surface area contributed by atoms with Crippen molar-refractivity contribution in [1.29, 1.82) is 0 Å². The quantitative estimate of drug-likeness (QED) is 0.466. The molecular weight excluding hydrogens is 248 g/mol. The second kappa shape index (κ2) is 6.78. The molecule has 0 bridgehead atoms. The largest absolute Gasteiger partial charge is 0.550 e. The van der Waals surface area contributed by atoms with E-state index in [0.717, 1.165) is 32.1 Å². The molecule has 0 atom stereocenters. The van der Waals surface area contributed by atoms with Crippen LogP contribution in [0.25, 0.3) is 0 Å². The van der Waals surface area contributed by atoms with Gasteiger partial charge in [-0.05, 0) is 37.8 Å². The van der Waals surface area contributed by atoms with E-state index in [4.69, 9.17) is 4.74 Å². The predicted molar refractivity (Wildman–Crippen MR) is 66.3 cm³/mol. The van der Waals surface area contributed by atoms with Crippen molar-refractivity contribution >= 4 is 12.1 Å². The average molecular weight is 264 g/mol. The van der Waals surface area contributed by atoms with Crippen LogP contribution in [0.2, 0.25) is 0 Å². The van der Waals surface area contributed by atoms with Crippen LogP contribution >= 0.6 is 0 Å². The Labute approximate surface area is 111 Å². The van der Waals surface area contributed by atoms with Crippen LogP contribution in [0.15, 0.2) is 30.3 Å². The van der Waals surface area contributed by atoms with E-state index in [9.17, 15) is 9.59 Å². The third kappa shape index (κ3) is 4.28. The van der Waals surface area contributed by atoms with E-state index < -0.39 is 12.1 Å². The van der Waals surface area contributed by atoms with Gasteiger partial charge in [0.1, 0.15) is 6.10 Å². The molecular formula is C14H16O5. The minimum absolute atomic E-state index is 0.128. The van der Waals surface area contributed by atoms with E-state index in [-0.39, 0.29) is 6.10 Å². The predicted octanol–water partition coefficient (Wildman–Crippen LogP) is 3.24. The summed E-state index contributed by atoms with van der Waals surface area (Å²) in [4.78, 5) is 31.6. The summed E-state index contributed by atoms with van der Waals surface area (Å²) in [7, 11) is 0. The Kier molecular flexibility index (Phi) is 4.78. The lowest BCUT2D eigenvalue weighted by atomic mass is 9.98. The summed E-state index contributed by atoms with van der Waals surface area (Å²) in [5.74, 6) is -0.721. The molecule has 5 nitrogen and oxygen atoms in total. The number of hydrogen-bond donors (Lipinski definition) is 0. The molecule has 1 aromatic carbocycles. The second-order valence-corrected chi connectivity index (χ2v) is 4.45. The summed E-state index contributed by atoms with van der Waals surface area (Å²) in [6.45, 7) is 0. The van der Waals surface area contributed by atoms with Crippen LogP contribution in [0.1, 0.15) is 42.5 Å². The molecule has 0 unspecified atom stereocenters. The number of ether oxygens (including phenoxy) is 1. The molecule has 0 radical (unpaired) electrons. The molecule has 102 valence electrons. The Morgan fingerprint density at radius 3 is 2.32 bits per heavy atom. The average Bonchev–Trinajstić information content (AvgIpc) is 2.47. The van der Waals surface area contributed by atoms with Crippen molar-refractivity contribution in [2.24, 2.45) is 0 Å². The minimum Gasteiger partial charge on any atom is -0.428 e. The summed E-state index contributed by atoms with van der Waals surface area (Å²) in [5.41, 5.74) is 0.313. The normalized spacial score (nSPS) is 15.6. The van der Waals surface area contributed by atoms with Gasteiger partial charge in [0.25, 0.3) is 0 Å². The van der Waals surface area contributed by atoms with Crippen LogP contribution in [0.3, 0.4) is 0 Å². The first-order chi connectivity index (χ1) is 9.25. The lowest BCUT2D eigenvalue weighted by Gasteiger charge is -2.20. The van der Waals surface area contributed by atoms with Gasteiger partial charge in [0.2, 0.25) is 0 Å². The molecule has 0 N–H and O–H groups in total. The number of rotatable bonds is 2. The molecule has 1 aliphatic carbocycles. The van der Waals surface area contributed by atoms with Crippen molar-refractivity contribution in [2.75, 3.05) is 0 Å². The third-order valence-electron chi connectivity index (χ3n) is 3.01. The van der Waals surface area contributed by atoms with Crippen LogP contribution in [-0.4, -0.2) is 18.2 Å². The number of benzene rings is 1. The van der Waals surface area contributed by atoms with Crippen LogP contribution in [0.5, 0.6) is 0 Å². The van der Waals surface area contributed by atoms with Crippen molar-refractivity contribution in [1.82, 2.24) is 0 Å². The maximum atomic E-state index is 11.5. The Balaban J connectivity index is 1.72. The molecule has 1 aliphatic rings. The lowest BCUT2D eigenvalue weighted by Crippen LogP contribution is -2.22. The topological polar surface area (TPSA) is 61.8 Å². The smallest absolute Gasteiger partial charge is 0.428 e. The Morgan fingerprint density at radius 1 is 0.947 bits per heavy atom. The van der Waals surface area contributed by atoms with E-state index in [2.05, 4.69) is 9.78 Å². The monoisotopic (exact) mass is 264 g/mol. The zero-order valence-corrected chi connectivity index (χ0v) is 10.5. The van der Waals surface area contributed by atoms with Crippen molar-refractivity contribution in [3.8, 4) is 0 Å². The first-order valence-corrected chi connectivity index (χ1v) is 6.40. The molecule has 0 saturated heterocycles. The fourth-order valence-electron chi connectivity index (χ4n) is 2.03. The van der Waals surface area contributed by atoms with Crippen molar-refractivity contribution in [3.63, 3.8) is 0 Å². The highest BCUT2D eigenvalue weighted by Crippen LogP contribution is 2.20. The van der Waals surface area contributed by atoms with Gasteiger partial charge in [-0.3, -0.25) is 0 Å². The van der Waals surface area contributed by atoms with Crippen LogP contribution in [0, 0.1) is 0 Å². The highest BCUT2D eigenvalue weighted by molar-refractivity contribution is 5.89. The van der Waals surface area contributed by atoms with Gasteiger partial charge < -0.3 is 4.74 Å². The summed E-state index contributed by atoms with van der Waals surface area (Å²) in [6, 6.07) is 8.29. The first kappa shape index (κ1) is 13.4. The van der Waals surface area contributed by atoms with Crippen molar-refractivity contribution in [3.05, 3.63) is 35.9 Å². The fraction of sp³-hybridized carbons (Fsp3) is 0.429. The maximum absolute atomic E-state index is 11.5. The molecule has 1 aromatic rings. The van der Waals surface area contributed by atoms with Gasteiger partial charge in [-0.15, -0.1) is 0 Å². The van der Waals surface area contributed by atoms with Gasteiger partial charge in [0, 0.05) is 0 Å². The van der Waals surface area contributed by atoms with E-state index >= 15 is 0 Å². The second-order valence-electron chi connectivity index (χ2n) is 4.45.